The summed E-state index contributed by atoms with van der Waals surface area (Å²) >= 11 is 0. The normalized spacial score (nSPS) is 13.9. The lowest BCUT2D eigenvalue weighted by atomic mass is 10.0. The Hall–Kier alpha value is -2.69. The number of aryl methyl sites for hydroxylation is 3. The van der Waals surface area contributed by atoms with Crippen LogP contribution >= 0.6 is 0 Å². The minimum atomic E-state index is 0.435. The van der Waals surface area contributed by atoms with Crippen LogP contribution in [0, 0.1) is 13.8 Å². The molecule has 0 saturated carbocycles. The number of benzene rings is 1. The van der Waals surface area contributed by atoms with E-state index in [-0.39, 0.29) is 0 Å². The lowest BCUT2D eigenvalue weighted by Crippen LogP contribution is -2.32. The molecule has 0 bridgehead atoms. The molecule has 1 aromatic carbocycles. The van der Waals surface area contributed by atoms with Gasteiger partial charge >= 0.3 is 0 Å². The van der Waals surface area contributed by atoms with Gasteiger partial charge in [0, 0.05) is 49.9 Å². The molecule has 0 fully saturated rings. The summed E-state index contributed by atoms with van der Waals surface area (Å²) in [6, 6.07) is 8.55. The lowest BCUT2D eigenvalue weighted by Gasteiger charge is -2.29. The van der Waals surface area contributed by atoms with E-state index in [0.717, 1.165) is 36.6 Å². The van der Waals surface area contributed by atoms with E-state index < -0.39 is 0 Å². The van der Waals surface area contributed by atoms with Crippen LogP contribution in [0.5, 0.6) is 0 Å². The van der Waals surface area contributed by atoms with Gasteiger partial charge in [-0.05, 0) is 30.9 Å². The molecule has 2 aromatic heterocycles. The van der Waals surface area contributed by atoms with E-state index in [1.165, 1.54) is 28.2 Å². The van der Waals surface area contributed by atoms with Gasteiger partial charge in [0.15, 0.2) is 5.82 Å². The average Bonchev–Trinajstić information content (AvgIpc) is 3.03. The molecular formula is C22H27N5. The third-order valence-corrected chi connectivity index (χ3v) is 5.43. The van der Waals surface area contributed by atoms with Crippen molar-refractivity contribution < 1.29 is 0 Å². The molecule has 1 aliphatic rings. The zero-order valence-corrected chi connectivity index (χ0v) is 16.8. The fourth-order valence-corrected chi connectivity index (χ4v) is 3.86. The summed E-state index contributed by atoms with van der Waals surface area (Å²) in [6.07, 6.45) is 2.94. The smallest absolute Gasteiger partial charge is 0.159 e. The molecule has 0 spiro atoms. The van der Waals surface area contributed by atoms with E-state index in [1.54, 1.807) is 0 Å². The van der Waals surface area contributed by atoms with Crippen molar-refractivity contribution in [3.8, 4) is 11.4 Å². The van der Waals surface area contributed by atoms with Gasteiger partial charge < -0.3 is 4.90 Å². The second-order valence-corrected chi connectivity index (χ2v) is 7.81. The Morgan fingerprint density at radius 3 is 2.52 bits per heavy atom. The van der Waals surface area contributed by atoms with E-state index in [1.807, 2.05) is 17.9 Å². The van der Waals surface area contributed by atoms with Gasteiger partial charge in [0.1, 0.15) is 5.82 Å². The van der Waals surface area contributed by atoms with E-state index in [2.05, 4.69) is 62.0 Å². The second kappa shape index (κ2) is 6.80. The van der Waals surface area contributed by atoms with Crippen molar-refractivity contribution in [1.82, 2.24) is 19.7 Å². The van der Waals surface area contributed by atoms with E-state index in [0.29, 0.717) is 5.92 Å². The van der Waals surface area contributed by atoms with Crippen LogP contribution in [0.25, 0.3) is 11.4 Å². The largest absolute Gasteiger partial charge is 0.352 e. The molecule has 5 heteroatoms. The zero-order valence-electron chi connectivity index (χ0n) is 16.8. The molecule has 3 heterocycles. The van der Waals surface area contributed by atoms with Crippen LogP contribution in [-0.4, -0.2) is 26.3 Å². The number of hydrogen-bond donors (Lipinski definition) is 0. The van der Waals surface area contributed by atoms with Crippen LogP contribution in [0.4, 0.5) is 5.82 Å². The maximum atomic E-state index is 4.93. The summed E-state index contributed by atoms with van der Waals surface area (Å²) in [5, 5.41) is 4.66. The summed E-state index contributed by atoms with van der Waals surface area (Å²) < 4.78 is 1.99. The number of aromatic nitrogens is 4. The summed E-state index contributed by atoms with van der Waals surface area (Å²) in [6.45, 7) is 10.4. The molecule has 140 valence electrons. The monoisotopic (exact) mass is 361 g/mol. The minimum Gasteiger partial charge on any atom is -0.352 e. The number of fused-ring (bicyclic) bond motifs is 1. The van der Waals surface area contributed by atoms with Crippen LogP contribution in [0.15, 0.2) is 30.5 Å². The van der Waals surface area contributed by atoms with E-state index in [4.69, 9.17) is 9.97 Å². The van der Waals surface area contributed by atoms with Gasteiger partial charge in [-0.15, -0.1) is 0 Å². The first-order chi connectivity index (χ1) is 12.9. The third kappa shape index (κ3) is 3.22. The highest BCUT2D eigenvalue weighted by Crippen LogP contribution is 2.29. The summed E-state index contributed by atoms with van der Waals surface area (Å²) in [5.41, 5.74) is 7.14. The number of nitrogens with zero attached hydrogens (tertiary/aromatic N) is 5. The van der Waals surface area contributed by atoms with Crippen molar-refractivity contribution >= 4 is 5.82 Å². The van der Waals surface area contributed by atoms with Crippen LogP contribution in [-0.2, 0) is 20.0 Å². The number of hydrogen-bond acceptors (Lipinski definition) is 4. The Kier molecular flexibility index (Phi) is 4.46. The Morgan fingerprint density at radius 1 is 1.11 bits per heavy atom. The predicted octanol–water partition coefficient (Wildman–Crippen LogP) is 4.18. The third-order valence-electron chi connectivity index (χ3n) is 5.43. The van der Waals surface area contributed by atoms with Gasteiger partial charge in [-0.2, -0.15) is 5.10 Å². The Balaban J connectivity index is 1.64. The fraction of sp³-hybridized carbons (Fsp3) is 0.409. The highest BCUT2D eigenvalue weighted by molar-refractivity contribution is 5.64. The topological polar surface area (TPSA) is 46.8 Å². The standard InChI is InChI=1S/C22H27N5/c1-14(2)19-11-20(26(5)25-19)27-10-9-18-17(13-27)12-23-22(24-18)21-15(3)7-6-8-16(21)4/h6-8,11-12,14H,9-10,13H2,1-5H3. The van der Waals surface area contributed by atoms with E-state index >= 15 is 0 Å². The number of rotatable bonds is 3. The Labute approximate surface area is 161 Å². The van der Waals surface area contributed by atoms with Gasteiger partial charge in [0.2, 0.25) is 0 Å². The van der Waals surface area contributed by atoms with E-state index in [9.17, 15) is 0 Å². The molecule has 0 saturated heterocycles. The molecule has 0 atom stereocenters. The predicted molar refractivity (Wildman–Crippen MR) is 109 cm³/mol. The molecule has 0 unspecified atom stereocenters. The Morgan fingerprint density at radius 2 is 1.85 bits per heavy atom. The van der Waals surface area contributed by atoms with Gasteiger partial charge in [-0.1, -0.05) is 32.0 Å². The van der Waals surface area contributed by atoms with Crippen molar-refractivity contribution in [2.24, 2.45) is 7.05 Å². The first-order valence-corrected chi connectivity index (χ1v) is 9.64. The molecule has 4 rings (SSSR count). The van der Waals surface area contributed by atoms with Crippen molar-refractivity contribution in [3.63, 3.8) is 0 Å². The van der Waals surface area contributed by atoms with Crippen LogP contribution in [0.1, 0.15) is 47.8 Å². The molecule has 27 heavy (non-hydrogen) atoms. The van der Waals surface area contributed by atoms with Gasteiger partial charge in [0.05, 0.1) is 11.4 Å². The first-order valence-electron chi connectivity index (χ1n) is 9.64. The highest BCUT2D eigenvalue weighted by atomic mass is 15.4. The molecular weight excluding hydrogens is 334 g/mol. The molecule has 5 nitrogen and oxygen atoms in total. The minimum absolute atomic E-state index is 0.435. The molecule has 1 aliphatic heterocycles. The van der Waals surface area contributed by atoms with Crippen molar-refractivity contribution in [2.75, 3.05) is 11.4 Å². The molecule has 0 amide bonds. The Bertz CT molecular complexity index is 966. The van der Waals surface area contributed by atoms with Gasteiger partial charge in [-0.25, -0.2) is 9.97 Å². The van der Waals surface area contributed by atoms with Crippen molar-refractivity contribution in [3.05, 3.63) is 58.5 Å². The molecule has 0 radical (unpaired) electrons. The van der Waals surface area contributed by atoms with Crippen molar-refractivity contribution in [2.45, 2.75) is 46.6 Å². The van der Waals surface area contributed by atoms with Gasteiger partial charge in [0.25, 0.3) is 0 Å². The maximum absolute atomic E-state index is 4.93. The van der Waals surface area contributed by atoms with Crippen molar-refractivity contribution in [1.29, 1.82) is 0 Å². The summed E-state index contributed by atoms with van der Waals surface area (Å²) in [7, 11) is 2.03. The summed E-state index contributed by atoms with van der Waals surface area (Å²) in [4.78, 5) is 12.0. The molecule has 3 aromatic rings. The zero-order chi connectivity index (χ0) is 19.1. The molecule has 0 N–H and O–H groups in total. The van der Waals surface area contributed by atoms with Gasteiger partial charge in [-0.3, -0.25) is 4.68 Å². The maximum Gasteiger partial charge on any atom is 0.159 e. The number of anilines is 1. The first kappa shape index (κ1) is 17.7. The summed E-state index contributed by atoms with van der Waals surface area (Å²) in [5.74, 6) is 2.45. The van der Waals surface area contributed by atoms with Crippen LogP contribution < -0.4 is 4.90 Å². The lowest BCUT2D eigenvalue weighted by molar-refractivity contribution is 0.650. The fourth-order valence-electron chi connectivity index (χ4n) is 3.86. The highest BCUT2D eigenvalue weighted by Gasteiger charge is 2.22. The van der Waals surface area contributed by atoms with Crippen LogP contribution in [0.3, 0.4) is 0 Å². The molecule has 0 aliphatic carbocycles. The second-order valence-electron chi connectivity index (χ2n) is 7.81. The van der Waals surface area contributed by atoms with Crippen LogP contribution in [0.2, 0.25) is 0 Å². The quantitative estimate of drug-likeness (QED) is 0.702. The average molecular weight is 361 g/mol. The SMILES string of the molecule is Cc1cccc(C)c1-c1ncc2c(n1)CCN(c1cc(C(C)C)nn1C)C2.